The minimum atomic E-state index is -0.0174. The predicted octanol–water partition coefficient (Wildman–Crippen LogP) is 4.71. The second-order valence-electron chi connectivity index (χ2n) is 9.35. The molecule has 0 aromatic carbocycles. The van der Waals surface area contributed by atoms with E-state index >= 15 is 0 Å². The molecule has 150 valence electrons. The molecule has 0 aliphatic rings. The van der Waals surface area contributed by atoms with Crippen LogP contribution < -0.4 is 0 Å². The van der Waals surface area contributed by atoms with Gasteiger partial charge in [-0.25, -0.2) is 0 Å². The molecule has 27 heavy (non-hydrogen) atoms. The number of H-pyrrole nitrogens is 1. The van der Waals surface area contributed by atoms with Gasteiger partial charge in [0.1, 0.15) is 0 Å². The number of nitrogens with zero attached hydrogens (tertiary/aromatic N) is 5. The van der Waals surface area contributed by atoms with E-state index in [0.717, 1.165) is 0 Å². The lowest BCUT2D eigenvalue weighted by Gasteiger charge is -2.18. The normalized spacial score (nSPS) is 11.9. The fourth-order valence-electron chi connectivity index (χ4n) is 1.83. The summed E-state index contributed by atoms with van der Waals surface area (Å²) in [6, 6.07) is 1.94. The first kappa shape index (κ1) is 22.6. The van der Waals surface area contributed by atoms with Gasteiger partial charge in [-0.15, -0.1) is 10.2 Å². The van der Waals surface area contributed by atoms with Gasteiger partial charge in [-0.05, 0) is 37.8 Å². The second-order valence-corrected chi connectivity index (χ2v) is 9.35. The highest BCUT2D eigenvalue weighted by molar-refractivity contribution is 5.13. The Morgan fingerprint density at radius 3 is 1.85 bits per heavy atom. The Labute approximate surface area is 162 Å². The predicted molar refractivity (Wildman–Crippen MR) is 108 cm³/mol. The maximum Gasteiger partial charge on any atom is 0.221 e. The first-order valence-electron chi connectivity index (χ1n) is 9.08. The highest BCUT2D eigenvalue weighted by Gasteiger charge is 2.18. The Bertz CT molecular complexity index is 619. The summed E-state index contributed by atoms with van der Waals surface area (Å²) in [6.45, 7) is 19.0. The topological polar surface area (TPSA) is 85.4 Å². The van der Waals surface area contributed by atoms with Crippen molar-refractivity contribution in [3.05, 3.63) is 48.7 Å². The lowest BCUT2D eigenvalue weighted by molar-refractivity contribution is 0.355. The standard InChI is InChI=1S/2C7H12N2.C6H10N2O/c1-7(2,3)6-4-8-9-5-6;1-7(2,3)9-6-4-5-8-9;1-6(2,3)5-8-7-4-9-5/h4-5H,1-3H3,(H,8,9);4-6H,1-3H3;4H,1-3H3. The van der Waals surface area contributed by atoms with Gasteiger partial charge in [0, 0.05) is 24.0 Å². The van der Waals surface area contributed by atoms with E-state index < -0.39 is 0 Å². The Hall–Kier alpha value is -2.44. The largest absolute Gasteiger partial charge is 0.427 e. The molecule has 0 spiro atoms. The van der Waals surface area contributed by atoms with Gasteiger partial charge in [0.2, 0.25) is 12.3 Å². The molecule has 3 rings (SSSR count). The van der Waals surface area contributed by atoms with Crippen LogP contribution in [0.3, 0.4) is 0 Å². The summed E-state index contributed by atoms with van der Waals surface area (Å²) in [7, 11) is 0. The summed E-state index contributed by atoms with van der Waals surface area (Å²) in [5.74, 6) is 0.683. The zero-order chi connectivity index (χ0) is 20.7. The SMILES string of the molecule is CC(C)(C)c1cn[nH]c1.CC(C)(C)c1nnco1.CC(C)(C)n1cccn1. The Balaban J connectivity index is 0.000000202. The molecule has 0 aliphatic carbocycles. The van der Waals surface area contributed by atoms with E-state index in [2.05, 4.69) is 67.0 Å². The number of hydrogen-bond donors (Lipinski definition) is 1. The molecule has 0 radical (unpaired) electrons. The zero-order valence-corrected chi connectivity index (χ0v) is 18.1. The maximum absolute atomic E-state index is 4.98. The van der Waals surface area contributed by atoms with Crippen LogP contribution in [0, 0.1) is 0 Å². The van der Waals surface area contributed by atoms with Crippen LogP contribution >= 0.6 is 0 Å². The van der Waals surface area contributed by atoms with Crippen molar-refractivity contribution >= 4 is 0 Å². The van der Waals surface area contributed by atoms with Crippen molar-refractivity contribution in [2.45, 2.75) is 78.7 Å². The average molecular weight is 375 g/mol. The molecule has 3 aromatic rings. The molecule has 7 heteroatoms. The van der Waals surface area contributed by atoms with Crippen molar-refractivity contribution in [2.24, 2.45) is 0 Å². The van der Waals surface area contributed by atoms with Gasteiger partial charge in [-0.1, -0.05) is 41.5 Å². The average Bonchev–Trinajstić information content (AvgIpc) is 3.28. The Morgan fingerprint density at radius 1 is 0.963 bits per heavy atom. The minimum Gasteiger partial charge on any atom is -0.427 e. The lowest BCUT2D eigenvalue weighted by Crippen LogP contribution is -2.21. The van der Waals surface area contributed by atoms with Gasteiger partial charge in [-0.2, -0.15) is 10.2 Å². The molecule has 0 bridgehead atoms. The smallest absolute Gasteiger partial charge is 0.221 e. The monoisotopic (exact) mass is 374 g/mol. The van der Waals surface area contributed by atoms with Crippen molar-refractivity contribution in [2.75, 3.05) is 0 Å². The van der Waals surface area contributed by atoms with Crippen LogP contribution in [0.5, 0.6) is 0 Å². The summed E-state index contributed by atoms with van der Waals surface area (Å²) in [4.78, 5) is 0. The number of nitrogens with one attached hydrogen (secondary N) is 1. The molecule has 0 fully saturated rings. The van der Waals surface area contributed by atoms with Gasteiger partial charge in [0.15, 0.2) is 0 Å². The summed E-state index contributed by atoms with van der Waals surface area (Å²) in [5, 5.41) is 18.1. The van der Waals surface area contributed by atoms with E-state index in [-0.39, 0.29) is 16.4 Å². The van der Waals surface area contributed by atoms with Crippen molar-refractivity contribution in [3.8, 4) is 0 Å². The molecule has 0 atom stereocenters. The maximum atomic E-state index is 4.98. The molecule has 0 aliphatic heterocycles. The van der Waals surface area contributed by atoms with Crippen LogP contribution in [0.15, 0.2) is 41.7 Å². The highest BCUT2D eigenvalue weighted by Crippen LogP contribution is 2.19. The van der Waals surface area contributed by atoms with Crippen LogP contribution in [0.25, 0.3) is 0 Å². The molecule has 0 amide bonds. The van der Waals surface area contributed by atoms with E-state index in [9.17, 15) is 0 Å². The molecule has 3 heterocycles. The van der Waals surface area contributed by atoms with E-state index in [4.69, 9.17) is 4.42 Å². The summed E-state index contributed by atoms with van der Waals surface area (Å²) in [5.41, 5.74) is 1.59. The third-order valence-corrected chi connectivity index (χ3v) is 3.56. The molecule has 1 N–H and O–H groups in total. The zero-order valence-electron chi connectivity index (χ0n) is 18.1. The first-order chi connectivity index (χ1) is 12.3. The van der Waals surface area contributed by atoms with Crippen molar-refractivity contribution in [3.63, 3.8) is 0 Å². The van der Waals surface area contributed by atoms with Gasteiger partial charge >= 0.3 is 0 Å². The fourth-order valence-corrected chi connectivity index (χ4v) is 1.83. The highest BCUT2D eigenvalue weighted by atomic mass is 16.4. The van der Waals surface area contributed by atoms with Crippen LogP contribution in [0.1, 0.15) is 73.8 Å². The van der Waals surface area contributed by atoms with E-state index in [0.29, 0.717) is 5.89 Å². The van der Waals surface area contributed by atoms with E-state index in [1.807, 2.05) is 50.1 Å². The third kappa shape index (κ3) is 8.19. The number of hydrogen-bond acceptors (Lipinski definition) is 5. The number of aromatic nitrogens is 6. The van der Waals surface area contributed by atoms with Gasteiger partial charge in [0.05, 0.1) is 11.7 Å². The molecular formula is C20H34N6O. The van der Waals surface area contributed by atoms with E-state index in [1.54, 1.807) is 6.20 Å². The number of rotatable bonds is 0. The Morgan fingerprint density at radius 2 is 1.63 bits per heavy atom. The van der Waals surface area contributed by atoms with Crippen LogP contribution in [0.4, 0.5) is 0 Å². The molecule has 7 nitrogen and oxygen atoms in total. The Kier molecular flexibility index (Phi) is 7.51. The molecule has 0 saturated carbocycles. The van der Waals surface area contributed by atoms with Crippen LogP contribution in [0.2, 0.25) is 0 Å². The molecule has 0 unspecified atom stereocenters. The van der Waals surface area contributed by atoms with Crippen molar-refractivity contribution in [1.82, 2.24) is 30.2 Å². The van der Waals surface area contributed by atoms with E-state index in [1.165, 1.54) is 12.0 Å². The summed E-state index contributed by atoms with van der Waals surface area (Å²) in [6.07, 6.45) is 8.91. The quantitative estimate of drug-likeness (QED) is 0.616. The van der Waals surface area contributed by atoms with Gasteiger partial charge in [0.25, 0.3) is 0 Å². The molecule has 3 aromatic heterocycles. The van der Waals surface area contributed by atoms with Gasteiger partial charge < -0.3 is 4.42 Å². The fraction of sp³-hybridized carbons (Fsp3) is 0.600. The van der Waals surface area contributed by atoms with Gasteiger partial charge in [-0.3, -0.25) is 9.78 Å². The summed E-state index contributed by atoms with van der Waals surface area (Å²) < 4.78 is 6.91. The van der Waals surface area contributed by atoms with Crippen LogP contribution in [-0.4, -0.2) is 30.2 Å². The molecule has 0 saturated heterocycles. The minimum absolute atomic E-state index is 0.0174. The first-order valence-corrected chi connectivity index (χ1v) is 9.08. The van der Waals surface area contributed by atoms with Crippen molar-refractivity contribution in [1.29, 1.82) is 0 Å². The van der Waals surface area contributed by atoms with Crippen molar-refractivity contribution < 1.29 is 4.42 Å². The number of aromatic amines is 1. The third-order valence-electron chi connectivity index (χ3n) is 3.56. The summed E-state index contributed by atoms with van der Waals surface area (Å²) >= 11 is 0. The lowest BCUT2D eigenvalue weighted by atomic mass is 9.90. The second kappa shape index (κ2) is 8.97. The van der Waals surface area contributed by atoms with Crippen LogP contribution in [-0.2, 0) is 16.4 Å². The molecular weight excluding hydrogens is 340 g/mol.